The van der Waals surface area contributed by atoms with Crippen molar-refractivity contribution in [2.75, 3.05) is 41.3 Å². The summed E-state index contributed by atoms with van der Waals surface area (Å²) in [6.45, 7) is 4.59. The normalized spacial score (nSPS) is 15.5. The molecule has 0 saturated heterocycles. The summed E-state index contributed by atoms with van der Waals surface area (Å²) in [4.78, 5) is 9.37. The van der Waals surface area contributed by atoms with Gasteiger partial charge in [0, 0.05) is 31.7 Å². The molecule has 1 fully saturated rings. The zero-order valence-electron chi connectivity index (χ0n) is 16.2. The van der Waals surface area contributed by atoms with E-state index >= 15 is 0 Å². The van der Waals surface area contributed by atoms with Crippen LogP contribution < -0.4 is 10.1 Å². The Bertz CT molecular complexity index is 544. The monoisotopic (exact) mass is 460 g/mol. The maximum absolute atomic E-state index is 5.46. The number of hydrogen-bond donors (Lipinski definition) is 1. The van der Waals surface area contributed by atoms with E-state index in [1.54, 1.807) is 7.11 Å². The van der Waals surface area contributed by atoms with Gasteiger partial charge in [-0.15, -0.1) is 24.0 Å². The summed E-state index contributed by atoms with van der Waals surface area (Å²) in [5, 5.41) is 3.41. The Hall–Kier alpha value is -1.02. The Kier molecular flexibility index (Phi) is 9.56. The fourth-order valence-electron chi connectivity index (χ4n) is 3.03. The molecule has 1 aliphatic rings. The van der Waals surface area contributed by atoms with E-state index < -0.39 is 0 Å². The lowest BCUT2D eigenvalue weighted by Crippen LogP contribution is -2.40. The summed E-state index contributed by atoms with van der Waals surface area (Å²) in [6, 6.07) is 8.69. The van der Waals surface area contributed by atoms with Gasteiger partial charge in [0.25, 0.3) is 0 Å². The van der Waals surface area contributed by atoms with Crippen LogP contribution in [-0.4, -0.2) is 63.1 Å². The fourth-order valence-corrected chi connectivity index (χ4v) is 3.03. The molecular weight excluding hydrogens is 427 g/mol. The number of halogens is 1. The van der Waals surface area contributed by atoms with Gasteiger partial charge >= 0.3 is 0 Å². The lowest BCUT2D eigenvalue weighted by Gasteiger charge is -2.26. The van der Waals surface area contributed by atoms with E-state index in [1.807, 2.05) is 18.2 Å². The minimum absolute atomic E-state index is 0. The minimum atomic E-state index is 0. The number of benzene rings is 1. The first-order valence-corrected chi connectivity index (χ1v) is 8.84. The number of aliphatic imine (C=N–C) groups is 1. The highest BCUT2D eigenvalue weighted by Gasteiger charge is 2.32. The van der Waals surface area contributed by atoms with E-state index in [0.717, 1.165) is 37.3 Å². The number of rotatable bonds is 8. The number of para-hydroxylation sites is 1. The van der Waals surface area contributed by atoms with E-state index in [9.17, 15) is 0 Å². The zero-order chi connectivity index (χ0) is 17.5. The molecule has 25 heavy (non-hydrogen) atoms. The molecule has 1 saturated carbocycles. The van der Waals surface area contributed by atoms with E-state index in [1.165, 1.54) is 18.4 Å². The van der Waals surface area contributed by atoms with Gasteiger partial charge in [-0.05, 0) is 45.8 Å². The maximum atomic E-state index is 5.46. The number of ether oxygens (including phenoxy) is 1. The summed E-state index contributed by atoms with van der Waals surface area (Å²) >= 11 is 0. The molecule has 0 aromatic heterocycles. The highest BCUT2D eigenvalue weighted by atomic mass is 127. The largest absolute Gasteiger partial charge is 0.496 e. The van der Waals surface area contributed by atoms with Gasteiger partial charge in [-0.2, -0.15) is 0 Å². The van der Waals surface area contributed by atoms with Gasteiger partial charge in [0.05, 0.1) is 13.7 Å². The molecule has 1 aromatic carbocycles. The van der Waals surface area contributed by atoms with Crippen LogP contribution in [0.5, 0.6) is 5.75 Å². The zero-order valence-corrected chi connectivity index (χ0v) is 18.5. The number of nitrogens with zero attached hydrogens (tertiary/aromatic N) is 3. The van der Waals surface area contributed by atoms with Crippen LogP contribution in [0.1, 0.15) is 25.3 Å². The van der Waals surface area contributed by atoms with Crippen LogP contribution in [0.25, 0.3) is 0 Å². The molecule has 0 bridgehead atoms. The van der Waals surface area contributed by atoms with Gasteiger partial charge in [0.1, 0.15) is 5.75 Å². The van der Waals surface area contributed by atoms with Crippen LogP contribution in [0.15, 0.2) is 29.3 Å². The van der Waals surface area contributed by atoms with Crippen molar-refractivity contribution in [3.05, 3.63) is 29.8 Å². The molecule has 1 aromatic rings. The second kappa shape index (κ2) is 10.9. The molecule has 5 nitrogen and oxygen atoms in total. The maximum Gasteiger partial charge on any atom is 0.194 e. The van der Waals surface area contributed by atoms with Gasteiger partial charge in [-0.3, -0.25) is 4.99 Å². The number of methoxy groups -OCH3 is 1. The standard InChI is InChI=1S/C19H32N4O.HI/c1-6-20-19(21-13-17(22(2)3)15-11-12-15)23(4)14-16-9-7-8-10-18(16)24-5;/h7-10,15,17H,6,11-14H2,1-5H3,(H,20,21);1H. The topological polar surface area (TPSA) is 40.1 Å². The number of hydrogen-bond acceptors (Lipinski definition) is 3. The Balaban J connectivity index is 0.00000312. The average molecular weight is 460 g/mol. The van der Waals surface area contributed by atoms with Crippen LogP contribution in [-0.2, 0) is 6.54 Å². The highest BCUT2D eigenvalue weighted by molar-refractivity contribution is 14.0. The van der Waals surface area contributed by atoms with Gasteiger partial charge in [0.2, 0.25) is 0 Å². The van der Waals surface area contributed by atoms with E-state index in [0.29, 0.717) is 6.04 Å². The molecule has 6 heteroatoms. The molecule has 1 N–H and O–H groups in total. The molecule has 142 valence electrons. The van der Waals surface area contributed by atoms with E-state index in [-0.39, 0.29) is 24.0 Å². The van der Waals surface area contributed by atoms with E-state index in [4.69, 9.17) is 9.73 Å². The molecule has 1 unspecified atom stereocenters. The molecular formula is C19H33IN4O. The smallest absolute Gasteiger partial charge is 0.194 e. The van der Waals surface area contributed by atoms with Crippen LogP contribution >= 0.6 is 24.0 Å². The molecule has 0 aliphatic heterocycles. The lowest BCUT2D eigenvalue weighted by molar-refractivity contribution is 0.270. The molecule has 1 atom stereocenters. The molecule has 0 amide bonds. The quantitative estimate of drug-likeness (QED) is 0.368. The number of nitrogens with one attached hydrogen (secondary N) is 1. The summed E-state index contributed by atoms with van der Waals surface area (Å²) in [5.74, 6) is 2.69. The van der Waals surface area contributed by atoms with Crippen LogP contribution in [0.3, 0.4) is 0 Å². The van der Waals surface area contributed by atoms with Crippen molar-refractivity contribution < 1.29 is 4.74 Å². The van der Waals surface area contributed by atoms with E-state index in [2.05, 4.69) is 49.2 Å². The van der Waals surface area contributed by atoms with Gasteiger partial charge in [-0.25, -0.2) is 0 Å². The van der Waals surface area contributed by atoms with Gasteiger partial charge in [0.15, 0.2) is 5.96 Å². The highest BCUT2D eigenvalue weighted by Crippen LogP contribution is 2.34. The third-order valence-corrected chi connectivity index (χ3v) is 4.55. The van der Waals surface area contributed by atoms with Gasteiger partial charge < -0.3 is 19.9 Å². The molecule has 0 heterocycles. The lowest BCUT2D eigenvalue weighted by atomic mass is 10.1. The first-order chi connectivity index (χ1) is 11.6. The van der Waals surface area contributed by atoms with Crippen molar-refractivity contribution >= 4 is 29.9 Å². The second-order valence-electron chi connectivity index (χ2n) is 6.73. The fraction of sp³-hybridized carbons (Fsp3) is 0.632. The van der Waals surface area contributed by atoms with Crippen LogP contribution in [0.4, 0.5) is 0 Å². The summed E-state index contributed by atoms with van der Waals surface area (Å²) < 4.78 is 5.46. The van der Waals surface area contributed by atoms with Crippen molar-refractivity contribution in [2.24, 2.45) is 10.9 Å². The first-order valence-electron chi connectivity index (χ1n) is 8.84. The number of likely N-dealkylation sites (N-methyl/N-ethyl adjacent to an activating group) is 1. The minimum Gasteiger partial charge on any atom is -0.496 e. The van der Waals surface area contributed by atoms with Crippen LogP contribution in [0, 0.1) is 5.92 Å². The van der Waals surface area contributed by atoms with Gasteiger partial charge in [-0.1, -0.05) is 18.2 Å². The third-order valence-electron chi connectivity index (χ3n) is 4.55. The summed E-state index contributed by atoms with van der Waals surface area (Å²) in [6.07, 6.45) is 2.68. The van der Waals surface area contributed by atoms with Crippen molar-refractivity contribution in [3.63, 3.8) is 0 Å². The molecule has 1 aliphatic carbocycles. The second-order valence-corrected chi connectivity index (χ2v) is 6.73. The number of guanidine groups is 1. The summed E-state index contributed by atoms with van der Waals surface area (Å²) in [7, 11) is 8.11. The van der Waals surface area contributed by atoms with Crippen molar-refractivity contribution in [1.29, 1.82) is 0 Å². The Morgan fingerprint density at radius 3 is 2.52 bits per heavy atom. The predicted molar refractivity (Wildman–Crippen MR) is 116 cm³/mol. The SMILES string of the molecule is CCNC(=NCC(C1CC1)N(C)C)N(C)Cc1ccccc1OC.I. The molecule has 2 rings (SSSR count). The predicted octanol–water partition coefficient (Wildman–Crippen LogP) is 3.05. The average Bonchev–Trinajstić information content (AvgIpc) is 3.39. The van der Waals surface area contributed by atoms with Crippen molar-refractivity contribution in [1.82, 2.24) is 15.1 Å². The molecule has 0 spiro atoms. The van der Waals surface area contributed by atoms with Crippen molar-refractivity contribution in [3.8, 4) is 5.75 Å². The van der Waals surface area contributed by atoms with Crippen molar-refractivity contribution in [2.45, 2.75) is 32.4 Å². The Labute approximate surface area is 169 Å². The van der Waals surface area contributed by atoms with Crippen LogP contribution in [0.2, 0.25) is 0 Å². The first kappa shape index (κ1) is 22.0. The third kappa shape index (κ3) is 6.66. The molecule has 0 radical (unpaired) electrons. The Morgan fingerprint density at radius 2 is 1.96 bits per heavy atom. The Morgan fingerprint density at radius 1 is 1.28 bits per heavy atom. The summed E-state index contributed by atoms with van der Waals surface area (Å²) in [5.41, 5.74) is 1.17.